The molecule has 0 aliphatic rings. The monoisotopic (exact) mass is 210 g/mol. The second-order valence-corrected chi connectivity index (χ2v) is 3.23. The molecule has 0 saturated carbocycles. The molecule has 0 radical (unpaired) electrons. The Balaban J connectivity index is 2.53. The van der Waals surface area contributed by atoms with Crippen molar-refractivity contribution in [3.05, 3.63) is 35.9 Å². The van der Waals surface area contributed by atoms with Gasteiger partial charge in [-0.3, -0.25) is 4.79 Å². The molecule has 2 atom stereocenters. The predicted molar refractivity (Wildman–Crippen MR) is 54.0 cm³/mol. The van der Waals surface area contributed by atoms with Crippen LogP contribution < -0.4 is 0 Å². The highest BCUT2D eigenvalue weighted by Crippen LogP contribution is 2.16. The Bertz CT molecular complexity index is 310. The summed E-state index contributed by atoms with van der Waals surface area (Å²) in [6.07, 6.45) is -2.14. The lowest BCUT2D eigenvalue weighted by Gasteiger charge is -2.17. The molecule has 0 aliphatic carbocycles. The zero-order valence-electron chi connectivity index (χ0n) is 8.46. The highest BCUT2D eigenvalue weighted by Gasteiger charge is 2.18. The van der Waals surface area contributed by atoms with Crippen molar-refractivity contribution in [2.45, 2.75) is 19.1 Å². The summed E-state index contributed by atoms with van der Waals surface area (Å²) < 4.78 is 4.60. The smallest absolute Gasteiger partial charge is 0.302 e. The molecule has 0 heterocycles. The maximum atomic E-state index is 10.5. The van der Waals surface area contributed by atoms with Gasteiger partial charge in [-0.2, -0.15) is 0 Å². The lowest BCUT2D eigenvalue weighted by molar-refractivity contribution is -0.146. The quantitative estimate of drug-likeness (QED) is 0.716. The molecule has 0 amide bonds. The fraction of sp³-hybridized carbons (Fsp3) is 0.364. The number of esters is 1. The number of benzene rings is 1. The number of hydrogen-bond acceptors (Lipinski definition) is 4. The summed E-state index contributed by atoms with van der Waals surface area (Å²) in [6, 6.07) is 8.73. The van der Waals surface area contributed by atoms with Crippen LogP contribution in [0.1, 0.15) is 18.6 Å². The zero-order valence-corrected chi connectivity index (χ0v) is 8.46. The minimum Gasteiger partial charge on any atom is -0.463 e. The van der Waals surface area contributed by atoms with Crippen LogP contribution in [0.4, 0.5) is 0 Å². The van der Waals surface area contributed by atoms with E-state index in [1.165, 1.54) is 6.92 Å². The van der Waals surface area contributed by atoms with Crippen molar-refractivity contribution in [1.29, 1.82) is 0 Å². The molecule has 0 spiro atoms. The van der Waals surface area contributed by atoms with Crippen LogP contribution in [0.5, 0.6) is 0 Å². The molecule has 0 bridgehead atoms. The van der Waals surface area contributed by atoms with Crippen LogP contribution in [-0.2, 0) is 9.53 Å². The average Bonchev–Trinajstić information content (AvgIpc) is 2.26. The van der Waals surface area contributed by atoms with E-state index >= 15 is 0 Å². The van der Waals surface area contributed by atoms with E-state index in [9.17, 15) is 15.0 Å². The molecule has 0 aliphatic heterocycles. The maximum Gasteiger partial charge on any atom is 0.302 e. The van der Waals surface area contributed by atoms with E-state index in [1.54, 1.807) is 24.3 Å². The van der Waals surface area contributed by atoms with Crippen molar-refractivity contribution in [2.24, 2.45) is 0 Å². The second kappa shape index (κ2) is 5.48. The van der Waals surface area contributed by atoms with Crippen LogP contribution in [-0.4, -0.2) is 28.9 Å². The molecule has 0 unspecified atom stereocenters. The van der Waals surface area contributed by atoms with Gasteiger partial charge in [0.15, 0.2) is 0 Å². The molecular formula is C11H14O4. The van der Waals surface area contributed by atoms with Gasteiger partial charge in [0, 0.05) is 6.92 Å². The minimum atomic E-state index is -1.10. The Hall–Kier alpha value is -1.39. The number of carbonyl (C=O) groups is 1. The second-order valence-electron chi connectivity index (χ2n) is 3.23. The topological polar surface area (TPSA) is 66.8 Å². The van der Waals surface area contributed by atoms with E-state index in [1.807, 2.05) is 6.07 Å². The molecule has 0 fully saturated rings. The third kappa shape index (κ3) is 3.69. The first-order valence-corrected chi connectivity index (χ1v) is 4.65. The molecule has 82 valence electrons. The van der Waals surface area contributed by atoms with Gasteiger partial charge in [-0.25, -0.2) is 0 Å². The SMILES string of the molecule is CC(=O)OC[C@H](O)[C@H](O)c1ccccc1. The molecule has 15 heavy (non-hydrogen) atoms. The van der Waals surface area contributed by atoms with Gasteiger partial charge in [0.05, 0.1) is 0 Å². The zero-order chi connectivity index (χ0) is 11.3. The summed E-state index contributed by atoms with van der Waals surface area (Å²) >= 11 is 0. The molecule has 0 aromatic heterocycles. The Morgan fingerprint density at radius 1 is 1.33 bits per heavy atom. The molecule has 1 aromatic carbocycles. The summed E-state index contributed by atoms with van der Waals surface area (Å²) in [4.78, 5) is 10.5. The molecule has 4 nitrogen and oxygen atoms in total. The number of carbonyl (C=O) groups excluding carboxylic acids is 1. The number of hydrogen-bond donors (Lipinski definition) is 2. The summed E-state index contributed by atoms with van der Waals surface area (Å²) in [5, 5.41) is 19.2. The first-order valence-electron chi connectivity index (χ1n) is 4.65. The average molecular weight is 210 g/mol. The van der Waals surface area contributed by atoms with E-state index in [2.05, 4.69) is 4.74 Å². The highest BCUT2D eigenvalue weighted by atomic mass is 16.5. The van der Waals surface area contributed by atoms with Crippen LogP contribution >= 0.6 is 0 Å². The van der Waals surface area contributed by atoms with Crippen molar-refractivity contribution in [3.8, 4) is 0 Å². The van der Waals surface area contributed by atoms with Crippen LogP contribution in [0.3, 0.4) is 0 Å². The summed E-state index contributed by atoms with van der Waals surface area (Å²) in [7, 11) is 0. The van der Waals surface area contributed by atoms with E-state index in [4.69, 9.17) is 0 Å². The van der Waals surface area contributed by atoms with Crippen molar-refractivity contribution in [1.82, 2.24) is 0 Å². The van der Waals surface area contributed by atoms with Gasteiger partial charge in [0.25, 0.3) is 0 Å². The number of rotatable bonds is 4. The van der Waals surface area contributed by atoms with Crippen LogP contribution in [0, 0.1) is 0 Å². The van der Waals surface area contributed by atoms with E-state index in [0.717, 1.165) is 0 Å². The fourth-order valence-electron chi connectivity index (χ4n) is 1.17. The van der Waals surface area contributed by atoms with E-state index in [-0.39, 0.29) is 6.61 Å². The predicted octanol–water partition coefficient (Wildman–Crippen LogP) is 0.644. The summed E-state index contributed by atoms with van der Waals surface area (Å²) in [6.45, 7) is 1.05. The number of ether oxygens (including phenoxy) is 1. The third-order valence-corrected chi connectivity index (χ3v) is 1.96. The first kappa shape index (κ1) is 11.7. The molecule has 2 N–H and O–H groups in total. The third-order valence-electron chi connectivity index (χ3n) is 1.96. The lowest BCUT2D eigenvalue weighted by atomic mass is 10.1. The standard InChI is InChI=1S/C11H14O4/c1-8(12)15-7-10(13)11(14)9-5-3-2-4-6-9/h2-6,10-11,13-14H,7H2,1H3/t10-,11+/m0/s1. The van der Waals surface area contributed by atoms with Gasteiger partial charge in [0.1, 0.15) is 18.8 Å². The van der Waals surface area contributed by atoms with Gasteiger partial charge >= 0.3 is 5.97 Å². The van der Waals surface area contributed by atoms with E-state index in [0.29, 0.717) is 5.56 Å². The molecule has 0 saturated heterocycles. The Labute approximate surface area is 88.1 Å². The van der Waals surface area contributed by atoms with Crippen molar-refractivity contribution >= 4 is 5.97 Å². The summed E-state index contributed by atoms with van der Waals surface area (Å²) in [5.74, 6) is -0.477. The Kier molecular flexibility index (Phi) is 4.27. The number of aliphatic hydroxyl groups is 2. The molecule has 1 rings (SSSR count). The van der Waals surface area contributed by atoms with Crippen molar-refractivity contribution in [3.63, 3.8) is 0 Å². The number of aliphatic hydroxyl groups excluding tert-OH is 2. The van der Waals surface area contributed by atoms with Crippen molar-refractivity contribution < 1.29 is 19.7 Å². The summed E-state index contributed by atoms with van der Waals surface area (Å²) in [5.41, 5.74) is 0.595. The Morgan fingerprint density at radius 2 is 1.93 bits per heavy atom. The maximum absolute atomic E-state index is 10.5. The molecular weight excluding hydrogens is 196 g/mol. The minimum absolute atomic E-state index is 0.203. The molecule has 4 heteroatoms. The van der Waals surface area contributed by atoms with Crippen molar-refractivity contribution in [2.75, 3.05) is 6.61 Å². The van der Waals surface area contributed by atoms with Crippen LogP contribution in [0.25, 0.3) is 0 Å². The van der Waals surface area contributed by atoms with Crippen LogP contribution in [0.15, 0.2) is 30.3 Å². The Morgan fingerprint density at radius 3 is 2.47 bits per heavy atom. The first-order chi connectivity index (χ1) is 7.11. The highest BCUT2D eigenvalue weighted by molar-refractivity contribution is 5.65. The van der Waals surface area contributed by atoms with Gasteiger partial charge in [-0.15, -0.1) is 0 Å². The normalized spacial score (nSPS) is 14.3. The van der Waals surface area contributed by atoms with Gasteiger partial charge in [-0.05, 0) is 5.56 Å². The largest absolute Gasteiger partial charge is 0.463 e. The van der Waals surface area contributed by atoms with Crippen LogP contribution in [0.2, 0.25) is 0 Å². The lowest BCUT2D eigenvalue weighted by Crippen LogP contribution is -2.25. The van der Waals surface area contributed by atoms with Gasteiger partial charge < -0.3 is 14.9 Å². The van der Waals surface area contributed by atoms with Gasteiger partial charge in [0.2, 0.25) is 0 Å². The van der Waals surface area contributed by atoms with E-state index < -0.39 is 18.2 Å². The van der Waals surface area contributed by atoms with Gasteiger partial charge in [-0.1, -0.05) is 30.3 Å². The molecule has 1 aromatic rings. The fourth-order valence-corrected chi connectivity index (χ4v) is 1.17.